The van der Waals surface area contributed by atoms with Crippen molar-refractivity contribution in [1.82, 2.24) is 0 Å². The van der Waals surface area contributed by atoms with Crippen LogP contribution in [-0.4, -0.2) is 31.7 Å². The molecule has 3 aliphatic rings. The van der Waals surface area contributed by atoms with Gasteiger partial charge >= 0.3 is 0 Å². The molecule has 92 valence electrons. The monoisotopic (exact) mass is 226 g/mol. The van der Waals surface area contributed by atoms with E-state index in [0.717, 1.165) is 38.6 Å². The van der Waals surface area contributed by atoms with E-state index in [4.69, 9.17) is 14.2 Å². The molecular formula is C13H22O3. The predicted molar refractivity (Wildman–Crippen MR) is 60.2 cm³/mol. The first-order chi connectivity index (χ1) is 7.86. The Balaban J connectivity index is 1.46. The molecule has 1 spiro atoms. The van der Waals surface area contributed by atoms with Crippen LogP contribution in [0.2, 0.25) is 0 Å². The first-order valence-electron chi connectivity index (χ1n) is 6.76. The molecule has 2 saturated heterocycles. The fourth-order valence-electron chi connectivity index (χ4n) is 3.34. The van der Waals surface area contributed by atoms with Crippen LogP contribution in [0.25, 0.3) is 0 Å². The van der Waals surface area contributed by atoms with Gasteiger partial charge in [-0.25, -0.2) is 0 Å². The van der Waals surface area contributed by atoms with Crippen LogP contribution in [0.4, 0.5) is 0 Å². The third kappa shape index (κ3) is 2.27. The molecule has 3 rings (SSSR count). The summed E-state index contributed by atoms with van der Waals surface area (Å²) in [5.41, 5.74) is 0. The molecule has 2 heterocycles. The van der Waals surface area contributed by atoms with Gasteiger partial charge in [0.05, 0.1) is 19.3 Å². The summed E-state index contributed by atoms with van der Waals surface area (Å²) in [6.07, 6.45) is 9.01. The van der Waals surface area contributed by atoms with Crippen LogP contribution in [0.1, 0.15) is 44.9 Å². The maximum absolute atomic E-state index is 5.75. The molecule has 3 fully saturated rings. The van der Waals surface area contributed by atoms with Crippen LogP contribution in [-0.2, 0) is 14.2 Å². The van der Waals surface area contributed by atoms with Gasteiger partial charge in [-0.15, -0.1) is 0 Å². The highest BCUT2D eigenvalue weighted by atomic mass is 16.7. The van der Waals surface area contributed by atoms with E-state index >= 15 is 0 Å². The normalized spacial score (nSPS) is 34.9. The van der Waals surface area contributed by atoms with E-state index in [0.29, 0.717) is 6.10 Å². The van der Waals surface area contributed by atoms with E-state index in [1.165, 1.54) is 32.1 Å². The molecular weight excluding hydrogens is 204 g/mol. The van der Waals surface area contributed by atoms with Crippen molar-refractivity contribution in [3.05, 3.63) is 0 Å². The average molecular weight is 226 g/mol. The molecule has 0 aromatic rings. The minimum Gasteiger partial charge on any atom is -0.378 e. The quantitative estimate of drug-likeness (QED) is 0.724. The smallest absolute Gasteiger partial charge is 0.168 e. The van der Waals surface area contributed by atoms with E-state index in [9.17, 15) is 0 Å². The van der Waals surface area contributed by atoms with Gasteiger partial charge in [-0.3, -0.25) is 0 Å². The van der Waals surface area contributed by atoms with E-state index in [1.807, 2.05) is 0 Å². The van der Waals surface area contributed by atoms with Gasteiger partial charge in [0.1, 0.15) is 0 Å². The predicted octanol–water partition coefficient (Wildman–Crippen LogP) is 2.49. The summed E-state index contributed by atoms with van der Waals surface area (Å²) >= 11 is 0. The lowest BCUT2D eigenvalue weighted by Crippen LogP contribution is -2.35. The Kier molecular flexibility index (Phi) is 3.18. The standard InChI is InChI=1S/C13H22O3/c1-2-12(14-7-1)10-11-3-5-13(6-4-11)15-8-9-16-13/h11-12H,1-10H2/t12-/m0/s1. The lowest BCUT2D eigenvalue weighted by atomic mass is 9.82. The molecule has 1 atom stereocenters. The maximum atomic E-state index is 5.75. The molecule has 1 aliphatic carbocycles. The zero-order valence-corrected chi connectivity index (χ0v) is 9.95. The molecule has 3 nitrogen and oxygen atoms in total. The van der Waals surface area contributed by atoms with E-state index < -0.39 is 0 Å². The highest BCUT2D eigenvalue weighted by Crippen LogP contribution is 2.40. The van der Waals surface area contributed by atoms with Crippen LogP contribution in [0.5, 0.6) is 0 Å². The first kappa shape index (κ1) is 11.0. The van der Waals surface area contributed by atoms with E-state index in [2.05, 4.69) is 0 Å². The van der Waals surface area contributed by atoms with Crippen molar-refractivity contribution < 1.29 is 14.2 Å². The molecule has 3 heteroatoms. The van der Waals surface area contributed by atoms with Crippen molar-refractivity contribution in [2.45, 2.75) is 56.8 Å². The topological polar surface area (TPSA) is 27.7 Å². The van der Waals surface area contributed by atoms with E-state index in [1.54, 1.807) is 0 Å². The second-order valence-electron chi connectivity index (χ2n) is 5.42. The Morgan fingerprint density at radius 2 is 1.69 bits per heavy atom. The van der Waals surface area contributed by atoms with E-state index in [-0.39, 0.29) is 5.79 Å². The van der Waals surface area contributed by atoms with Crippen LogP contribution >= 0.6 is 0 Å². The van der Waals surface area contributed by atoms with Crippen molar-refractivity contribution in [1.29, 1.82) is 0 Å². The Bertz CT molecular complexity index is 219. The highest BCUT2D eigenvalue weighted by Gasteiger charge is 2.40. The lowest BCUT2D eigenvalue weighted by Gasteiger charge is -2.36. The van der Waals surface area contributed by atoms with Gasteiger partial charge in [-0.2, -0.15) is 0 Å². The number of rotatable bonds is 2. The molecule has 0 N–H and O–H groups in total. The Morgan fingerprint density at radius 3 is 2.31 bits per heavy atom. The second-order valence-corrected chi connectivity index (χ2v) is 5.42. The molecule has 0 unspecified atom stereocenters. The second kappa shape index (κ2) is 4.63. The Hall–Kier alpha value is -0.120. The van der Waals surface area contributed by atoms with Crippen LogP contribution < -0.4 is 0 Å². The average Bonchev–Trinajstić information content (AvgIpc) is 2.94. The molecule has 0 amide bonds. The van der Waals surface area contributed by atoms with Gasteiger partial charge < -0.3 is 14.2 Å². The first-order valence-corrected chi connectivity index (χ1v) is 6.76. The van der Waals surface area contributed by atoms with Crippen LogP contribution in [0.15, 0.2) is 0 Å². The van der Waals surface area contributed by atoms with Crippen LogP contribution in [0, 0.1) is 5.92 Å². The fraction of sp³-hybridized carbons (Fsp3) is 1.00. The summed E-state index contributed by atoms with van der Waals surface area (Å²) < 4.78 is 17.2. The number of hydrogen-bond donors (Lipinski definition) is 0. The Labute approximate surface area is 97.4 Å². The molecule has 16 heavy (non-hydrogen) atoms. The largest absolute Gasteiger partial charge is 0.378 e. The van der Waals surface area contributed by atoms with Gasteiger partial charge in [-0.05, 0) is 38.0 Å². The molecule has 1 saturated carbocycles. The summed E-state index contributed by atoms with van der Waals surface area (Å²) in [6, 6.07) is 0. The summed E-state index contributed by atoms with van der Waals surface area (Å²) in [5.74, 6) is 0.647. The highest BCUT2D eigenvalue weighted by molar-refractivity contribution is 4.84. The summed E-state index contributed by atoms with van der Waals surface area (Å²) in [5, 5.41) is 0. The van der Waals surface area contributed by atoms with Crippen molar-refractivity contribution in [3.8, 4) is 0 Å². The van der Waals surface area contributed by atoms with Gasteiger partial charge in [0.25, 0.3) is 0 Å². The summed E-state index contributed by atoms with van der Waals surface area (Å²) in [7, 11) is 0. The Morgan fingerprint density at radius 1 is 0.938 bits per heavy atom. The third-order valence-corrected chi connectivity index (χ3v) is 4.30. The van der Waals surface area contributed by atoms with Gasteiger partial charge in [0.15, 0.2) is 5.79 Å². The molecule has 0 aromatic heterocycles. The van der Waals surface area contributed by atoms with Gasteiger partial charge in [-0.1, -0.05) is 0 Å². The summed E-state index contributed by atoms with van der Waals surface area (Å²) in [6.45, 7) is 2.56. The fourth-order valence-corrected chi connectivity index (χ4v) is 3.34. The van der Waals surface area contributed by atoms with Crippen LogP contribution in [0.3, 0.4) is 0 Å². The minimum absolute atomic E-state index is 0.187. The van der Waals surface area contributed by atoms with Crippen molar-refractivity contribution in [2.75, 3.05) is 19.8 Å². The van der Waals surface area contributed by atoms with Crippen molar-refractivity contribution in [3.63, 3.8) is 0 Å². The molecule has 0 aromatic carbocycles. The third-order valence-electron chi connectivity index (χ3n) is 4.30. The lowest BCUT2D eigenvalue weighted by molar-refractivity contribution is -0.183. The van der Waals surface area contributed by atoms with Gasteiger partial charge in [0, 0.05) is 19.4 Å². The zero-order valence-electron chi connectivity index (χ0n) is 9.95. The summed E-state index contributed by atoms with van der Waals surface area (Å²) in [4.78, 5) is 0. The minimum atomic E-state index is -0.187. The zero-order chi connectivity index (χ0) is 10.8. The van der Waals surface area contributed by atoms with Crippen molar-refractivity contribution in [2.24, 2.45) is 5.92 Å². The molecule has 0 radical (unpaired) electrons. The molecule has 0 bridgehead atoms. The SMILES string of the molecule is C1CO[C@H](CC2CCC3(CC2)OCCO3)C1. The molecule has 2 aliphatic heterocycles. The number of hydrogen-bond acceptors (Lipinski definition) is 3. The van der Waals surface area contributed by atoms with Gasteiger partial charge in [0.2, 0.25) is 0 Å². The number of ether oxygens (including phenoxy) is 3. The van der Waals surface area contributed by atoms with Crippen molar-refractivity contribution >= 4 is 0 Å². The maximum Gasteiger partial charge on any atom is 0.168 e.